The Balaban J connectivity index is 1.64. The molecular weight excluding hydrogens is 264 g/mol. The number of carboxylic acid groups (broad SMARTS) is 1. The number of nitrogens with one attached hydrogen (secondary N) is 2. The van der Waals surface area contributed by atoms with Crippen molar-refractivity contribution in [3.8, 4) is 0 Å². The largest absolute Gasteiger partial charge is 0.481 e. The topological polar surface area (TPSA) is 105 Å². The lowest BCUT2D eigenvalue weighted by atomic mass is 10.0. The minimum Gasteiger partial charge on any atom is -0.481 e. The molecule has 0 spiro atoms. The monoisotopic (exact) mass is 282 g/mol. The number of carbonyl (C=O) groups is 2. The number of carbonyl (C=O) groups excluding carboxylic acids is 1. The standard InChI is InChI=1S/C12H18N4O4/c17-11(18)9-7-20-8-10(9)15-12(19)13-3-1-5-16-6-2-4-14-16/h2,4,6,9-10H,1,3,5,7-8H2,(H,17,18)(H2,13,15,19). The molecule has 0 radical (unpaired) electrons. The van der Waals surface area contributed by atoms with Crippen molar-refractivity contribution in [2.75, 3.05) is 19.8 Å². The van der Waals surface area contributed by atoms with Gasteiger partial charge in [-0.15, -0.1) is 0 Å². The first kappa shape index (κ1) is 14.3. The number of aromatic nitrogens is 2. The third kappa shape index (κ3) is 3.95. The summed E-state index contributed by atoms with van der Waals surface area (Å²) >= 11 is 0. The number of carboxylic acids is 1. The molecular formula is C12H18N4O4. The molecule has 8 nitrogen and oxygen atoms in total. The van der Waals surface area contributed by atoms with E-state index in [9.17, 15) is 9.59 Å². The van der Waals surface area contributed by atoms with Crippen LogP contribution in [0.1, 0.15) is 6.42 Å². The number of amides is 2. The molecule has 110 valence electrons. The maximum Gasteiger partial charge on any atom is 0.315 e. The first-order chi connectivity index (χ1) is 9.66. The summed E-state index contributed by atoms with van der Waals surface area (Å²) in [5.41, 5.74) is 0. The fraction of sp³-hybridized carbons (Fsp3) is 0.583. The quantitative estimate of drug-likeness (QED) is 0.620. The smallest absolute Gasteiger partial charge is 0.315 e. The van der Waals surface area contributed by atoms with Gasteiger partial charge < -0.3 is 20.5 Å². The van der Waals surface area contributed by atoms with Gasteiger partial charge in [0.2, 0.25) is 0 Å². The molecule has 2 rings (SSSR count). The first-order valence-electron chi connectivity index (χ1n) is 6.49. The minimum absolute atomic E-state index is 0.138. The second-order valence-electron chi connectivity index (χ2n) is 4.61. The number of rotatable bonds is 6. The van der Waals surface area contributed by atoms with Crippen LogP contribution in [0.25, 0.3) is 0 Å². The van der Waals surface area contributed by atoms with Gasteiger partial charge >= 0.3 is 12.0 Å². The van der Waals surface area contributed by atoms with Gasteiger partial charge in [-0.05, 0) is 12.5 Å². The average molecular weight is 282 g/mol. The molecule has 3 N–H and O–H groups in total. The van der Waals surface area contributed by atoms with E-state index in [0.717, 1.165) is 13.0 Å². The number of nitrogens with zero attached hydrogens (tertiary/aromatic N) is 2. The van der Waals surface area contributed by atoms with E-state index in [-0.39, 0.29) is 19.2 Å². The molecule has 1 fully saturated rings. The van der Waals surface area contributed by atoms with Gasteiger partial charge in [-0.1, -0.05) is 0 Å². The summed E-state index contributed by atoms with van der Waals surface area (Å²) in [5, 5.41) is 18.3. The van der Waals surface area contributed by atoms with Crippen molar-refractivity contribution in [2.24, 2.45) is 5.92 Å². The Labute approximate surface area is 116 Å². The van der Waals surface area contributed by atoms with Crippen LogP contribution < -0.4 is 10.6 Å². The van der Waals surface area contributed by atoms with Crippen LogP contribution in [0.15, 0.2) is 18.5 Å². The normalized spacial score (nSPS) is 21.6. The number of aryl methyl sites for hydroxylation is 1. The van der Waals surface area contributed by atoms with Crippen molar-refractivity contribution in [3.05, 3.63) is 18.5 Å². The SMILES string of the molecule is O=C(NCCCn1cccn1)NC1COCC1C(=O)O. The Morgan fingerprint density at radius 1 is 1.45 bits per heavy atom. The van der Waals surface area contributed by atoms with Crippen LogP contribution in [0, 0.1) is 5.92 Å². The van der Waals surface area contributed by atoms with Crippen LogP contribution in [0.2, 0.25) is 0 Å². The predicted octanol–water partition coefficient (Wildman–Crippen LogP) is -0.328. The molecule has 0 saturated carbocycles. The second kappa shape index (κ2) is 6.90. The highest BCUT2D eigenvalue weighted by molar-refractivity contribution is 5.77. The van der Waals surface area contributed by atoms with Gasteiger partial charge in [0.05, 0.1) is 19.3 Å². The van der Waals surface area contributed by atoms with E-state index in [2.05, 4.69) is 15.7 Å². The number of hydrogen-bond donors (Lipinski definition) is 3. The van der Waals surface area contributed by atoms with Crippen LogP contribution in [0.5, 0.6) is 0 Å². The Kier molecular flexibility index (Phi) is 4.94. The maximum atomic E-state index is 11.6. The van der Waals surface area contributed by atoms with E-state index in [4.69, 9.17) is 9.84 Å². The van der Waals surface area contributed by atoms with Crippen molar-refractivity contribution < 1.29 is 19.4 Å². The first-order valence-corrected chi connectivity index (χ1v) is 6.49. The van der Waals surface area contributed by atoms with Gasteiger partial charge in [-0.2, -0.15) is 5.10 Å². The van der Waals surface area contributed by atoms with E-state index in [1.54, 1.807) is 10.9 Å². The van der Waals surface area contributed by atoms with Crippen molar-refractivity contribution in [3.63, 3.8) is 0 Å². The van der Waals surface area contributed by atoms with Gasteiger partial charge in [-0.25, -0.2) is 4.79 Å². The zero-order chi connectivity index (χ0) is 14.4. The molecule has 1 aliphatic rings. The van der Waals surface area contributed by atoms with Gasteiger partial charge in [0, 0.05) is 25.5 Å². The molecule has 1 aromatic rings. The molecule has 1 saturated heterocycles. The van der Waals surface area contributed by atoms with E-state index in [1.807, 2.05) is 12.3 Å². The molecule has 2 unspecified atom stereocenters. The molecule has 2 heterocycles. The lowest BCUT2D eigenvalue weighted by Crippen LogP contribution is -2.47. The van der Waals surface area contributed by atoms with E-state index in [1.165, 1.54) is 0 Å². The van der Waals surface area contributed by atoms with Crippen LogP contribution in [0.4, 0.5) is 4.79 Å². The number of urea groups is 1. The van der Waals surface area contributed by atoms with Crippen molar-refractivity contribution >= 4 is 12.0 Å². The van der Waals surface area contributed by atoms with Gasteiger partial charge in [0.15, 0.2) is 0 Å². The van der Waals surface area contributed by atoms with E-state index in [0.29, 0.717) is 6.54 Å². The van der Waals surface area contributed by atoms with Gasteiger partial charge in [0.1, 0.15) is 5.92 Å². The summed E-state index contributed by atoms with van der Waals surface area (Å²) in [6, 6.07) is 0.998. The molecule has 8 heteroatoms. The van der Waals surface area contributed by atoms with Crippen LogP contribution in [-0.4, -0.2) is 52.7 Å². The Bertz CT molecular complexity index is 448. The van der Waals surface area contributed by atoms with E-state index >= 15 is 0 Å². The lowest BCUT2D eigenvalue weighted by Gasteiger charge is -2.16. The lowest BCUT2D eigenvalue weighted by molar-refractivity contribution is -0.142. The summed E-state index contributed by atoms with van der Waals surface area (Å²) < 4.78 is 6.85. The van der Waals surface area contributed by atoms with Gasteiger partial charge in [0.25, 0.3) is 0 Å². The summed E-state index contributed by atoms with van der Waals surface area (Å²) in [5.74, 6) is -1.63. The summed E-state index contributed by atoms with van der Waals surface area (Å²) in [6.07, 6.45) is 4.30. The van der Waals surface area contributed by atoms with Crippen LogP contribution in [-0.2, 0) is 16.1 Å². The third-order valence-electron chi connectivity index (χ3n) is 3.12. The van der Waals surface area contributed by atoms with Crippen LogP contribution >= 0.6 is 0 Å². The minimum atomic E-state index is -0.952. The zero-order valence-electron chi connectivity index (χ0n) is 11.0. The molecule has 0 bridgehead atoms. The zero-order valence-corrected chi connectivity index (χ0v) is 11.0. The molecule has 0 aliphatic carbocycles. The fourth-order valence-electron chi connectivity index (χ4n) is 2.04. The highest BCUT2D eigenvalue weighted by Gasteiger charge is 2.34. The third-order valence-corrected chi connectivity index (χ3v) is 3.12. The summed E-state index contributed by atoms with van der Waals surface area (Å²) in [6.45, 7) is 1.59. The van der Waals surface area contributed by atoms with Gasteiger partial charge in [-0.3, -0.25) is 9.48 Å². The predicted molar refractivity (Wildman–Crippen MR) is 69.1 cm³/mol. The van der Waals surface area contributed by atoms with Crippen molar-refractivity contribution in [1.82, 2.24) is 20.4 Å². The highest BCUT2D eigenvalue weighted by atomic mass is 16.5. The van der Waals surface area contributed by atoms with E-state index < -0.39 is 17.9 Å². The Morgan fingerprint density at radius 2 is 2.30 bits per heavy atom. The Morgan fingerprint density at radius 3 is 3.00 bits per heavy atom. The Hall–Kier alpha value is -2.09. The number of ether oxygens (including phenoxy) is 1. The van der Waals surface area contributed by atoms with Crippen molar-refractivity contribution in [1.29, 1.82) is 0 Å². The molecule has 1 aliphatic heterocycles. The molecule has 0 aromatic carbocycles. The van der Waals surface area contributed by atoms with Crippen LogP contribution in [0.3, 0.4) is 0 Å². The van der Waals surface area contributed by atoms with Crippen molar-refractivity contribution in [2.45, 2.75) is 19.0 Å². The molecule has 20 heavy (non-hydrogen) atoms. The second-order valence-corrected chi connectivity index (χ2v) is 4.61. The summed E-state index contributed by atoms with van der Waals surface area (Å²) in [7, 11) is 0. The molecule has 2 atom stereocenters. The summed E-state index contributed by atoms with van der Waals surface area (Å²) in [4.78, 5) is 22.6. The number of hydrogen-bond acceptors (Lipinski definition) is 4. The highest BCUT2D eigenvalue weighted by Crippen LogP contribution is 2.13. The fourth-order valence-corrected chi connectivity index (χ4v) is 2.04. The average Bonchev–Trinajstić information content (AvgIpc) is 3.05. The molecule has 1 aromatic heterocycles. The number of aliphatic carboxylic acids is 1. The molecule has 2 amide bonds. The maximum absolute atomic E-state index is 11.6.